The fraction of sp³-hybridized carbons (Fsp3) is 0.529. The second-order valence-corrected chi connectivity index (χ2v) is 7.50. The molecule has 1 aromatic carbocycles. The van der Waals surface area contributed by atoms with E-state index in [-0.39, 0.29) is 21.2 Å². The molecule has 2 aliphatic carbocycles. The summed E-state index contributed by atoms with van der Waals surface area (Å²) in [5.74, 6) is -0.416. The lowest BCUT2D eigenvalue weighted by Crippen LogP contribution is -2.32. The van der Waals surface area contributed by atoms with Crippen molar-refractivity contribution < 1.29 is 19.8 Å². The van der Waals surface area contributed by atoms with E-state index in [1.165, 1.54) is 12.8 Å². The summed E-state index contributed by atoms with van der Waals surface area (Å²) in [7, 11) is 0. The third-order valence-electron chi connectivity index (χ3n) is 5.30. The van der Waals surface area contributed by atoms with Crippen LogP contribution in [0.2, 0.25) is 10.0 Å². The lowest BCUT2D eigenvalue weighted by Gasteiger charge is -2.31. The molecule has 0 heterocycles. The van der Waals surface area contributed by atoms with Crippen molar-refractivity contribution in [3.63, 3.8) is 0 Å². The van der Waals surface area contributed by atoms with E-state index < -0.39 is 12.6 Å². The second kappa shape index (κ2) is 6.45. The number of ether oxygens (including phenoxy) is 1. The van der Waals surface area contributed by atoms with E-state index in [0.717, 1.165) is 18.4 Å². The Balaban J connectivity index is 2.03. The number of carbonyl (C=O) groups is 1. The molecule has 1 aromatic rings. The van der Waals surface area contributed by atoms with Crippen LogP contribution in [-0.4, -0.2) is 28.6 Å². The third kappa shape index (κ3) is 2.74. The van der Waals surface area contributed by atoms with Gasteiger partial charge in [-0.25, -0.2) is 4.79 Å². The quantitative estimate of drug-likeness (QED) is 0.607. The van der Waals surface area contributed by atoms with Crippen LogP contribution < -0.4 is 4.74 Å². The van der Waals surface area contributed by atoms with Gasteiger partial charge in [0.15, 0.2) is 6.61 Å². The average Bonchev–Trinajstić information content (AvgIpc) is 3.15. The van der Waals surface area contributed by atoms with E-state index in [1.807, 2.05) is 0 Å². The summed E-state index contributed by atoms with van der Waals surface area (Å²) in [4.78, 5) is 10.7. The number of nitrogens with zero attached hydrogens (tertiary/aromatic N) is 1. The van der Waals surface area contributed by atoms with Crippen molar-refractivity contribution >= 4 is 34.9 Å². The third-order valence-corrected chi connectivity index (χ3v) is 6.15. The lowest BCUT2D eigenvalue weighted by atomic mass is 9.72. The number of carboxylic acid groups (broad SMARTS) is 1. The first-order valence-electron chi connectivity index (χ1n) is 7.97. The molecule has 0 amide bonds. The first-order valence-corrected chi connectivity index (χ1v) is 8.72. The highest BCUT2D eigenvalue weighted by atomic mass is 35.5. The highest BCUT2D eigenvalue weighted by molar-refractivity contribution is 6.45. The molecule has 3 rings (SSSR count). The van der Waals surface area contributed by atoms with E-state index in [9.17, 15) is 10.0 Å². The van der Waals surface area contributed by atoms with Crippen molar-refractivity contribution in [1.82, 2.24) is 0 Å². The molecule has 0 saturated heterocycles. The van der Waals surface area contributed by atoms with Crippen LogP contribution in [0.1, 0.15) is 43.7 Å². The monoisotopic (exact) mass is 371 g/mol. The summed E-state index contributed by atoms with van der Waals surface area (Å²) in [6.07, 6.45) is 5.22. The molecule has 1 fully saturated rings. The molecule has 5 nitrogen and oxygen atoms in total. The number of carboxylic acids is 1. The maximum Gasteiger partial charge on any atom is 0.341 e. The van der Waals surface area contributed by atoms with Crippen molar-refractivity contribution in [2.24, 2.45) is 16.5 Å². The van der Waals surface area contributed by atoms with E-state index in [2.05, 4.69) is 12.1 Å². The van der Waals surface area contributed by atoms with Gasteiger partial charge in [-0.15, -0.1) is 0 Å². The standard InChI is InChI=1S/C17H19Cl2NO4/c1-17(10-4-2-3-5-10)7-9-6-11(24-8-12(21)22)14(18)15(19)13(9)16(17)20-23/h6,10,23H,2-5,7-8H2,1H3,(H,21,22)/b20-16+. The molecule has 7 heteroatoms. The molecule has 1 saturated carbocycles. The molecule has 24 heavy (non-hydrogen) atoms. The molecule has 0 spiro atoms. The minimum Gasteiger partial charge on any atom is -0.480 e. The second-order valence-electron chi connectivity index (χ2n) is 6.74. The van der Waals surface area contributed by atoms with Crippen LogP contribution in [0, 0.1) is 11.3 Å². The largest absolute Gasteiger partial charge is 0.480 e. The van der Waals surface area contributed by atoms with Crippen LogP contribution in [-0.2, 0) is 11.2 Å². The van der Waals surface area contributed by atoms with Gasteiger partial charge in [0.05, 0.1) is 10.7 Å². The van der Waals surface area contributed by atoms with Crippen LogP contribution in [0.5, 0.6) is 5.75 Å². The number of hydrogen-bond donors (Lipinski definition) is 2. The molecule has 130 valence electrons. The molecule has 1 unspecified atom stereocenters. The van der Waals surface area contributed by atoms with Crippen LogP contribution in [0.3, 0.4) is 0 Å². The number of benzene rings is 1. The molecule has 0 bridgehead atoms. The summed E-state index contributed by atoms with van der Waals surface area (Å²) in [5, 5.41) is 22.4. The van der Waals surface area contributed by atoms with Crippen LogP contribution in [0.25, 0.3) is 0 Å². The summed E-state index contributed by atoms with van der Waals surface area (Å²) in [5.41, 5.74) is 1.81. The first-order chi connectivity index (χ1) is 11.4. The predicted octanol–water partition coefficient (Wildman–Crippen LogP) is 4.39. The number of hydrogen-bond acceptors (Lipinski definition) is 4. The zero-order valence-corrected chi connectivity index (χ0v) is 14.8. The maximum absolute atomic E-state index is 10.7. The Morgan fingerprint density at radius 1 is 1.38 bits per heavy atom. The van der Waals surface area contributed by atoms with Crippen molar-refractivity contribution in [3.8, 4) is 5.75 Å². The van der Waals surface area contributed by atoms with Crippen LogP contribution in [0.4, 0.5) is 0 Å². The highest BCUT2D eigenvalue weighted by Crippen LogP contribution is 2.52. The van der Waals surface area contributed by atoms with Crippen LogP contribution in [0.15, 0.2) is 11.2 Å². The normalized spacial score (nSPS) is 25.2. The zero-order chi connectivity index (χ0) is 17.5. The lowest BCUT2D eigenvalue weighted by molar-refractivity contribution is -0.139. The van der Waals surface area contributed by atoms with Crippen molar-refractivity contribution in [2.45, 2.75) is 39.0 Å². The van der Waals surface area contributed by atoms with Gasteiger partial charge in [-0.3, -0.25) is 0 Å². The van der Waals surface area contributed by atoms with Gasteiger partial charge in [-0.1, -0.05) is 48.1 Å². The van der Waals surface area contributed by atoms with Crippen LogP contribution >= 0.6 is 23.2 Å². The zero-order valence-electron chi connectivity index (χ0n) is 13.3. The molecule has 0 aromatic heterocycles. The number of oxime groups is 1. The fourth-order valence-corrected chi connectivity index (χ4v) is 4.63. The SMILES string of the molecule is CC1(C2CCCC2)Cc2cc(OCC(=O)O)c(Cl)c(Cl)c2/C1=N\O. The summed E-state index contributed by atoms with van der Waals surface area (Å²) in [6, 6.07) is 1.72. The molecular formula is C17H19Cl2NO4. The number of aliphatic carboxylic acids is 1. The summed E-state index contributed by atoms with van der Waals surface area (Å²) < 4.78 is 5.25. The minimum atomic E-state index is -1.09. The number of fused-ring (bicyclic) bond motifs is 1. The van der Waals surface area contributed by atoms with Crippen molar-refractivity contribution in [1.29, 1.82) is 0 Å². The van der Waals surface area contributed by atoms with Gasteiger partial charge in [0.25, 0.3) is 0 Å². The molecule has 1 atom stereocenters. The number of rotatable bonds is 4. The average molecular weight is 372 g/mol. The fourth-order valence-electron chi connectivity index (χ4n) is 4.12. The topological polar surface area (TPSA) is 79.1 Å². The Morgan fingerprint density at radius 2 is 2.04 bits per heavy atom. The van der Waals surface area contributed by atoms with E-state index >= 15 is 0 Å². The molecular weight excluding hydrogens is 353 g/mol. The molecule has 2 N–H and O–H groups in total. The van der Waals surface area contributed by atoms with E-state index in [1.54, 1.807) is 6.07 Å². The Morgan fingerprint density at radius 3 is 2.62 bits per heavy atom. The predicted molar refractivity (Wildman–Crippen MR) is 91.7 cm³/mol. The van der Waals surface area contributed by atoms with Crippen molar-refractivity contribution in [3.05, 3.63) is 27.2 Å². The first kappa shape index (κ1) is 17.4. The number of halogens is 2. The van der Waals surface area contributed by atoms with Gasteiger partial charge < -0.3 is 15.1 Å². The van der Waals surface area contributed by atoms with Gasteiger partial charge in [0.1, 0.15) is 10.8 Å². The minimum absolute atomic E-state index is 0.147. The Bertz CT molecular complexity index is 713. The Kier molecular flexibility index (Phi) is 4.67. The Labute approximate surface area is 150 Å². The highest BCUT2D eigenvalue weighted by Gasteiger charge is 2.48. The molecule has 0 radical (unpaired) electrons. The Hall–Kier alpha value is -1.46. The van der Waals surface area contributed by atoms with Gasteiger partial charge in [0, 0.05) is 11.0 Å². The van der Waals surface area contributed by atoms with Gasteiger partial charge >= 0.3 is 5.97 Å². The molecule has 2 aliphatic rings. The van der Waals surface area contributed by atoms with Crippen molar-refractivity contribution in [2.75, 3.05) is 6.61 Å². The molecule has 0 aliphatic heterocycles. The van der Waals surface area contributed by atoms with E-state index in [4.69, 9.17) is 33.0 Å². The van der Waals surface area contributed by atoms with Gasteiger partial charge in [-0.2, -0.15) is 0 Å². The van der Waals surface area contributed by atoms with Gasteiger partial charge in [0.2, 0.25) is 0 Å². The smallest absolute Gasteiger partial charge is 0.341 e. The maximum atomic E-state index is 10.7. The van der Waals surface area contributed by atoms with E-state index in [0.29, 0.717) is 23.6 Å². The summed E-state index contributed by atoms with van der Waals surface area (Å²) in [6.45, 7) is 1.61. The summed E-state index contributed by atoms with van der Waals surface area (Å²) >= 11 is 12.7. The van der Waals surface area contributed by atoms with Gasteiger partial charge in [-0.05, 0) is 36.8 Å².